The standard InChI is InChI=1S/C11H9BrN4O4S/c1-7-2-3-8(16(17)18)4-9(7)21(19,20)15-11-6-13-10(12)5-14-11/h2-6H,1H3,(H,14,15). The van der Waals surface area contributed by atoms with Gasteiger partial charge in [-0.2, -0.15) is 0 Å². The lowest BCUT2D eigenvalue weighted by atomic mass is 10.2. The molecule has 0 saturated heterocycles. The lowest BCUT2D eigenvalue weighted by Gasteiger charge is -2.09. The maximum atomic E-state index is 12.3. The molecule has 0 unspecified atom stereocenters. The first kappa shape index (κ1) is 15.3. The normalized spacial score (nSPS) is 11.1. The van der Waals surface area contributed by atoms with Crippen LogP contribution in [0.25, 0.3) is 0 Å². The predicted octanol–water partition coefficient (Wildman–Crippen LogP) is 2.26. The molecule has 8 nitrogen and oxygen atoms in total. The Balaban J connectivity index is 2.41. The molecule has 0 amide bonds. The van der Waals surface area contributed by atoms with E-state index in [4.69, 9.17) is 0 Å². The number of anilines is 1. The van der Waals surface area contributed by atoms with E-state index in [2.05, 4.69) is 30.6 Å². The molecule has 2 aromatic rings. The van der Waals surface area contributed by atoms with Crippen LogP contribution in [-0.2, 0) is 10.0 Å². The molecule has 0 saturated carbocycles. The zero-order valence-electron chi connectivity index (χ0n) is 10.6. The van der Waals surface area contributed by atoms with Gasteiger partial charge in [0.15, 0.2) is 5.82 Å². The van der Waals surface area contributed by atoms with Gasteiger partial charge in [0.1, 0.15) is 4.60 Å². The van der Waals surface area contributed by atoms with Crippen LogP contribution in [0.2, 0.25) is 0 Å². The lowest BCUT2D eigenvalue weighted by Crippen LogP contribution is -2.15. The molecule has 1 heterocycles. The van der Waals surface area contributed by atoms with E-state index in [-0.39, 0.29) is 16.4 Å². The predicted molar refractivity (Wildman–Crippen MR) is 78.4 cm³/mol. The van der Waals surface area contributed by atoms with Gasteiger partial charge in [-0.1, -0.05) is 6.07 Å². The number of hydrogen-bond acceptors (Lipinski definition) is 6. The first-order chi connectivity index (χ1) is 9.79. The number of non-ortho nitro benzene ring substituents is 1. The SMILES string of the molecule is Cc1ccc([N+](=O)[O-])cc1S(=O)(=O)Nc1cnc(Br)cn1. The van der Waals surface area contributed by atoms with Gasteiger partial charge < -0.3 is 0 Å². The van der Waals surface area contributed by atoms with Crippen molar-refractivity contribution in [1.29, 1.82) is 0 Å². The first-order valence-corrected chi connectivity index (χ1v) is 7.82. The summed E-state index contributed by atoms with van der Waals surface area (Å²) in [6, 6.07) is 3.62. The summed E-state index contributed by atoms with van der Waals surface area (Å²) < 4.78 is 27.2. The molecular formula is C11H9BrN4O4S. The summed E-state index contributed by atoms with van der Waals surface area (Å²) in [6.45, 7) is 1.55. The summed E-state index contributed by atoms with van der Waals surface area (Å²) in [5, 5.41) is 10.7. The van der Waals surface area contributed by atoms with Crippen LogP contribution >= 0.6 is 15.9 Å². The number of benzene rings is 1. The minimum Gasteiger partial charge on any atom is -0.262 e. The lowest BCUT2D eigenvalue weighted by molar-refractivity contribution is -0.385. The van der Waals surface area contributed by atoms with Crippen molar-refractivity contribution in [2.45, 2.75) is 11.8 Å². The van der Waals surface area contributed by atoms with Crippen molar-refractivity contribution in [3.8, 4) is 0 Å². The van der Waals surface area contributed by atoms with Crippen molar-refractivity contribution in [2.75, 3.05) is 4.72 Å². The van der Waals surface area contributed by atoms with Crippen LogP contribution in [0.1, 0.15) is 5.56 Å². The Kier molecular flexibility index (Phi) is 4.19. The number of rotatable bonds is 4. The van der Waals surface area contributed by atoms with Gasteiger partial charge in [-0.25, -0.2) is 18.4 Å². The Morgan fingerprint density at radius 1 is 1.29 bits per heavy atom. The highest BCUT2D eigenvalue weighted by Gasteiger charge is 2.21. The van der Waals surface area contributed by atoms with E-state index in [1.807, 2.05) is 0 Å². The van der Waals surface area contributed by atoms with E-state index in [0.29, 0.717) is 10.2 Å². The van der Waals surface area contributed by atoms with E-state index in [9.17, 15) is 18.5 Å². The molecule has 21 heavy (non-hydrogen) atoms. The molecule has 0 atom stereocenters. The number of aryl methyl sites for hydroxylation is 1. The number of nitrogens with one attached hydrogen (secondary N) is 1. The maximum absolute atomic E-state index is 12.3. The average molecular weight is 373 g/mol. The molecule has 1 aromatic heterocycles. The maximum Gasteiger partial charge on any atom is 0.270 e. The number of halogens is 1. The Labute approximate surface area is 128 Å². The molecule has 0 aliphatic rings. The first-order valence-electron chi connectivity index (χ1n) is 5.55. The minimum atomic E-state index is -3.99. The van der Waals surface area contributed by atoms with Gasteiger partial charge in [-0.05, 0) is 28.4 Å². The third-order valence-electron chi connectivity index (χ3n) is 2.53. The number of sulfonamides is 1. The van der Waals surface area contributed by atoms with Crippen LogP contribution in [0.4, 0.5) is 11.5 Å². The zero-order chi connectivity index (χ0) is 15.6. The fourth-order valence-corrected chi connectivity index (χ4v) is 3.01. The molecule has 0 spiro atoms. The summed E-state index contributed by atoms with van der Waals surface area (Å²) in [5.74, 6) is 0.0177. The fraction of sp³-hybridized carbons (Fsp3) is 0.0909. The van der Waals surface area contributed by atoms with Crippen LogP contribution < -0.4 is 4.72 Å². The Morgan fingerprint density at radius 2 is 2.00 bits per heavy atom. The molecular weight excluding hydrogens is 364 g/mol. The molecule has 0 aliphatic carbocycles. The van der Waals surface area contributed by atoms with Gasteiger partial charge in [0.25, 0.3) is 15.7 Å². The third kappa shape index (κ3) is 3.52. The van der Waals surface area contributed by atoms with Gasteiger partial charge >= 0.3 is 0 Å². The van der Waals surface area contributed by atoms with E-state index in [1.54, 1.807) is 6.92 Å². The highest BCUT2D eigenvalue weighted by atomic mass is 79.9. The van der Waals surface area contributed by atoms with Crippen molar-refractivity contribution in [3.63, 3.8) is 0 Å². The van der Waals surface area contributed by atoms with E-state index in [0.717, 1.165) is 6.07 Å². The second-order valence-electron chi connectivity index (χ2n) is 4.04. The molecule has 2 rings (SSSR count). The monoisotopic (exact) mass is 372 g/mol. The average Bonchev–Trinajstić information content (AvgIpc) is 2.41. The van der Waals surface area contributed by atoms with Gasteiger partial charge in [-0.15, -0.1) is 0 Å². The van der Waals surface area contributed by atoms with Crippen LogP contribution in [0.3, 0.4) is 0 Å². The van der Waals surface area contributed by atoms with Crippen LogP contribution in [-0.4, -0.2) is 23.3 Å². The summed E-state index contributed by atoms with van der Waals surface area (Å²) in [7, 11) is -3.99. The molecule has 110 valence electrons. The van der Waals surface area contributed by atoms with Crippen LogP contribution in [0, 0.1) is 17.0 Å². The summed E-state index contributed by atoms with van der Waals surface area (Å²) in [6.07, 6.45) is 2.56. The highest BCUT2D eigenvalue weighted by Crippen LogP contribution is 2.23. The second kappa shape index (κ2) is 5.74. The highest BCUT2D eigenvalue weighted by molar-refractivity contribution is 9.10. The largest absolute Gasteiger partial charge is 0.270 e. The summed E-state index contributed by atoms with van der Waals surface area (Å²) in [4.78, 5) is 17.6. The van der Waals surface area contributed by atoms with E-state index < -0.39 is 14.9 Å². The quantitative estimate of drug-likeness (QED) is 0.649. The smallest absolute Gasteiger partial charge is 0.262 e. The molecule has 1 aromatic carbocycles. The van der Waals surface area contributed by atoms with Crippen LogP contribution in [0.5, 0.6) is 0 Å². The number of nitro benzene ring substituents is 1. The van der Waals surface area contributed by atoms with Crippen molar-refractivity contribution >= 4 is 37.5 Å². The molecule has 0 radical (unpaired) electrons. The van der Waals surface area contributed by atoms with Gasteiger partial charge in [-0.3, -0.25) is 14.8 Å². The number of nitro groups is 1. The van der Waals surface area contributed by atoms with Crippen molar-refractivity contribution in [2.24, 2.45) is 0 Å². The van der Waals surface area contributed by atoms with Crippen LogP contribution in [0.15, 0.2) is 40.1 Å². The molecule has 0 fully saturated rings. The minimum absolute atomic E-state index is 0.0177. The third-order valence-corrected chi connectivity index (χ3v) is 4.44. The molecule has 1 N–H and O–H groups in total. The summed E-state index contributed by atoms with van der Waals surface area (Å²) >= 11 is 3.08. The van der Waals surface area contributed by atoms with E-state index in [1.165, 1.54) is 24.5 Å². The molecule has 0 bridgehead atoms. The Hall–Kier alpha value is -2.07. The van der Waals surface area contributed by atoms with Crippen molar-refractivity contribution in [1.82, 2.24) is 9.97 Å². The van der Waals surface area contributed by atoms with Crippen molar-refractivity contribution < 1.29 is 13.3 Å². The number of hydrogen-bond donors (Lipinski definition) is 1. The fourth-order valence-electron chi connectivity index (χ4n) is 1.55. The summed E-state index contributed by atoms with van der Waals surface area (Å²) in [5.41, 5.74) is 0.0843. The van der Waals surface area contributed by atoms with Crippen molar-refractivity contribution in [3.05, 3.63) is 50.9 Å². The number of nitrogens with zero attached hydrogens (tertiary/aromatic N) is 3. The Morgan fingerprint density at radius 3 is 2.57 bits per heavy atom. The zero-order valence-corrected chi connectivity index (χ0v) is 13.1. The van der Waals surface area contributed by atoms with Gasteiger partial charge in [0, 0.05) is 12.1 Å². The second-order valence-corrected chi connectivity index (χ2v) is 6.50. The molecule has 10 heteroatoms. The Bertz CT molecular complexity index is 792. The molecule has 0 aliphatic heterocycles. The van der Waals surface area contributed by atoms with Gasteiger partial charge in [0.2, 0.25) is 0 Å². The number of aromatic nitrogens is 2. The van der Waals surface area contributed by atoms with E-state index >= 15 is 0 Å². The van der Waals surface area contributed by atoms with Gasteiger partial charge in [0.05, 0.1) is 22.2 Å². The topological polar surface area (TPSA) is 115 Å².